The van der Waals surface area contributed by atoms with Crippen molar-refractivity contribution in [3.63, 3.8) is 0 Å². The molecule has 100 valence electrons. The van der Waals surface area contributed by atoms with Crippen LogP contribution in [0.25, 0.3) is 10.9 Å². The molecule has 0 amide bonds. The van der Waals surface area contributed by atoms with Gasteiger partial charge in [-0.2, -0.15) is 0 Å². The molecule has 1 aromatic carbocycles. The van der Waals surface area contributed by atoms with Crippen LogP contribution in [0.3, 0.4) is 0 Å². The summed E-state index contributed by atoms with van der Waals surface area (Å²) in [5.41, 5.74) is 2.35. The summed E-state index contributed by atoms with van der Waals surface area (Å²) in [5.74, 6) is 0.689. The quantitative estimate of drug-likeness (QED) is 0.789. The van der Waals surface area contributed by atoms with E-state index in [0.29, 0.717) is 12.3 Å². The zero-order valence-corrected chi connectivity index (χ0v) is 11.0. The third-order valence-corrected chi connectivity index (χ3v) is 3.97. The minimum atomic E-state index is 0.495. The van der Waals surface area contributed by atoms with E-state index >= 15 is 0 Å². The van der Waals surface area contributed by atoms with Crippen LogP contribution in [-0.2, 0) is 22.5 Å². The van der Waals surface area contributed by atoms with Gasteiger partial charge in [0.2, 0.25) is 0 Å². The Morgan fingerprint density at radius 1 is 1.26 bits per heavy atom. The van der Waals surface area contributed by atoms with Crippen LogP contribution in [0.1, 0.15) is 18.4 Å². The molecule has 0 radical (unpaired) electrons. The number of carbonyl (C=O) groups is 1. The smallest absolute Gasteiger partial charge is 0.124 e. The predicted octanol–water partition coefficient (Wildman–Crippen LogP) is 2.81. The lowest BCUT2D eigenvalue weighted by atomic mass is 10.00. The van der Waals surface area contributed by atoms with Gasteiger partial charge in [-0.15, -0.1) is 0 Å². The van der Waals surface area contributed by atoms with Gasteiger partial charge in [0.1, 0.15) is 6.29 Å². The summed E-state index contributed by atoms with van der Waals surface area (Å²) in [6.07, 6.45) is 5.90. The fourth-order valence-corrected chi connectivity index (χ4v) is 2.95. The molecule has 2 heterocycles. The van der Waals surface area contributed by atoms with Crippen LogP contribution < -0.4 is 0 Å². The summed E-state index contributed by atoms with van der Waals surface area (Å²) >= 11 is 0. The van der Waals surface area contributed by atoms with Gasteiger partial charge in [-0.1, -0.05) is 18.2 Å². The van der Waals surface area contributed by atoms with E-state index in [2.05, 4.69) is 29.0 Å². The highest BCUT2D eigenvalue weighted by molar-refractivity contribution is 5.85. The Balaban J connectivity index is 1.91. The molecule has 0 saturated carbocycles. The number of fused-ring (bicyclic) bond motifs is 1. The number of ether oxygens (including phenoxy) is 1. The van der Waals surface area contributed by atoms with Crippen LogP contribution in [0.5, 0.6) is 0 Å². The number of aldehydes is 1. The second kappa shape index (κ2) is 5.57. The lowest BCUT2D eigenvalue weighted by Gasteiger charge is -2.23. The number of benzene rings is 1. The van der Waals surface area contributed by atoms with E-state index in [1.54, 1.807) is 0 Å². The molecule has 3 nitrogen and oxygen atoms in total. The predicted molar refractivity (Wildman–Crippen MR) is 75.2 cm³/mol. The molecule has 3 heteroatoms. The standard InChI is InChI=1S/C16H19NO2/c18-9-5-15-3-1-2-14-4-8-17(16(14)15)12-13-6-10-19-11-7-13/h1-4,8-9,13H,5-7,10-12H2. The summed E-state index contributed by atoms with van der Waals surface area (Å²) < 4.78 is 7.72. The third-order valence-electron chi connectivity index (χ3n) is 3.97. The molecule has 1 aliphatic heterocycles. The van der Waals surface area contributed by atoms with Crippen molar-refractivity contribution in [3.8, 4) is 0 Å². The Bertz CT molecular complexity index is 567. The van der Waals surface area contributed by atoms with Crippen molar-refractivity contribution in [3.05, 3.63) is 36.0 Å². The number of carbonyl (C=O) groups excluding carboxylic acids is 1. The van der Waals surface area contributed by atoms with Crippen LogP contribution in [0.4, 0.5) is 0 Å². The highest BCUT2D eigenvalue weighted by Gasteiger charge is 2.16. The molecule has 0 spiro atoms. The van der Waals surface area contributed by atoms with Crippen molar-refractivity contribution in [1.82, 2.24) is 4.57 Å². The lowest BCUT2D eigenvalue weighted by Crippen LogP contribution is -2.20. The first kappa shape index (κ1) is 12.4. The molecule has 1 aromatic heterocycles. The molecule has 2 aromatic rings. The van der Waals surface area contributed by atoms with Gasteiger partial charge in [-0.25, -0.2) is 0 Å². The average Bonchev–Trinajstić information content (AvgIpc) is 2.85. The summed E-state index contributed by atoms with van der Waals surface area (Å²) in [6.45, 7) is 2.79. The Morgan fingerprint density at radius 2 is 2.11 bits per heavy atom. The molecular formula is C16H19NO2. The van der Waals surface area contributed by atoms with Gasteiger partial charge in [0.25, 0.3) is 0 Å². The third kappa shape index (κ3) is 2.56. The molecule has 0 atom stereocenters. The number of nitrogens with zero attached hydrogens (tertiary/aromatic N) is 1. The molecule has 1 saturated heterocycles. The second-order valence-electron chi connectivity index (χ2n) is 5.25. The molecule has 3 rings (SSSR count). The Kier molecular flexibility index (Phi) is 3.65. The van der Waals surface area contributed by atoms with E-state index in [1.807, 2.05) is 6.07 Å². The lowest BCUT2D eigenvalue weighted by molar-refractivity contribution is -0.107. The van der Waals surface area contributed by atoms with Crippen molar-refractivity contribution in [2.75, 3.05) is 13.2 Å². The van der Waals surface area contributed by atoms with Crippen molar-refractivity contribution in [2.24, 2.45) is 5.92 Å². The molecule has 0 N–H and O–H groups in total. The SMILES string of the molecule is O=CCc1cccc2ccn(CC3CCOCC3)c12. The van der Waals surface area contributed by atoms with Gasteiger partial charge >= 0.3 is 0 Å². The minimum absolute atomic E-state index is 0.495. The number of aromatic nitrogens is 1. The zero-order valence-electron chi connectivity index (χ0n) is 11.0. The van der Waals surface area contributed by atoms with Crippen LogP contribution in [0, 0.1) is 5.92 Å². The fraction of sp³-hybridized carbons (Fsp3) is 0.438. The molecular weight excluding hydrogens is 238 g/mol. The monoisotopic (exact) mass is 257 g/mol. The minimum Gasteiger partial charge on any atom is -0.381 e. The fourth-order valence-electron chi connectivity index (χ4n) is 2.95. The first-order valence-electron chi connectivity index (χ1n) is 6.96. The first-order valence-corrected chi connectivity index (χ1v) is 6.96. The highest BCUT2D eigenvalue weighted by Crippen LogP contribution is 2.24. The van der Waals surface area contributed by atoms with E-state index < -0.39 is 0 Å². The van der Waals surface area contributed by atoms with Crippen molar-refractivity contribution < 1.29 is 9.53 Å². The highest BCUT2D eigenvalue weighted by atomic mass is 16.5. The Morgan fingerprint density at radius 3 is 2.89 bits per heavy atom. The van der Waals surface area contributed by atoms with Crippen LogP contribution >= 0.6 is 0 Å². The van der Waals surface area contributed by atoms with Gasteiger partial charge in [0.05, 0.1) is 5.52 Å². The normalized spacial score (nSPS) is 16.8. The summed E-state index contributed by atoms with van der Waals surface area (Å²) in [4.78, 5) is 10.8. The van der Waals surface area contributed by atoms with Gasteiger partial charge in [0.15, 0.2) is 0 Å². The maximum absolute atomic E-state index is 10.8. The molecule has 1 fully saturated rings. The van der Waals surface area contributed by atoms with Gasteiger partial charge < -0.3 is 14.1 Å². The van der Waals surface area contributed by atoms with Crippen molar-refractivity contribution >= 4 is 17.2 Å². The second-order valence-corrected chi connectivity index (χ2v) is 5.25. The summed E-state index contributed by atoms with van der Waals surface area (Å²) in [5, 5.41) is 1.23. The Labute approximate surface area is 113 Å². The maximum atomic E-state index is 10.8. The zero-order chi connectivity index (χ0) is 13.1. The van der Waals surface area contributed by atoms with E-state index in [0.717, 1.165) is 44.4 Å². The number of hydrogen-bond donors (Lipinski definition) is 0. The van der Waals surface area contributed by atoms with E-state index in [-0.39, 0.29) is 0 Å². The van der Waals surface area contributed by atoms with Crippen molar-refractivity contribution in [2.45, 2.75) is 25.8 Å². The topological polar surface area (TPSA) is 31.2 Å². The summed E-state index contributed by atoms with van der Waals surface area (Å²) in [7, 11) is 0. The maximum Gasteiger partial charge on any atom is 0.124 e. The van der Waals surface area contributed by atoms with E-state index in [1.165, 1.54) is 10.9 Å². The average molecular weight is 257 g/mol. The number of rotatable bonds is 4. The van der Waals surface area contributed by atoms with Crippen LogP contribution in [-0.4, -0.2) is 24.1 Å². The Hall–Kier alpha value is -1.61. The number of hydrogen-bond acceptors (Lipinski definition) is 2. The molecule has 0 aliphatic carbocycles. The number of para-hydroxylation sites is 1. The largest absolute Gasteiger partial charge is 0.381 e. The molecule has 0 bridgehead atoms. The molecule has 1 aliphatic rings. The first-order chi connectivity index (χ1) is 9.38. The van der Waals surface area contributed by atoms with Crippen LogP contribution in [0.15, 0.2) is 30.5 Å². The molecule has 19 heavy (non-hydrogen) atoms. The van der Waals surface area contributed by atoms with Gasteiger partial charge in [-0.3, -0.25) is 0 Å². The van der Waals surface area contributed by atoms with E-state index in [9.17, 15) is 4.79 Å². The van der Waals surface area contributed by atoms with Gasteiger partial charge in [-0.05, 0) is 35.8 Å². The van der Waals surface area contributed by atoms with Crippen molar-refractivity contribution in [1.29, 1.82) is 0 Å². The van der Waals surface area contributed by atoms with Crippen LogP contribution in [0.2, 0.25) is 0 Å². The molecule has 0 unspecified atom stereocenters. The van der Waals surface area contributed by atoms with Gasteiger partial charge in [0, 0.05) is 32.4 Å². The summed E-state index contributed by atoms with van der Waals surface area (Å²) in [6, 6.07) is 8.34. The van der Waals surface area contributed by atoms with E-state index in [4.69, 9.17) is 4.74 Å².